The number of benzene rings is 1. The Bertz CT molecular complexity index is 482. The van der Waals surface area contributed by atoms with Gasteiger partial charge in [-0.2, -0.15) is 0 Å². The maximum Gasteiger partial charge on any atom is 0.248 e. The van der Waals surface area contributed by atoms with Crippen LogP contribution in [0.4, 0.5) is 5.69 Å². The zero-order valence-electron chi connectivity index (χ0n) is 10.1. The molecule has 0 spiro atoms. The summed E-state index contributed by atoms with van der Waals surface area (Å²) in [6.07, 6.45) is 0.875. The Labute approximate surface area is 100 Å². The summed E-state index contributed by atoms with van der Waals surface area (Å²) in [6.45, 7) is 4.39. The predicted molar refractivity (Wildman–Crippen MR) is 65.9 cm³/mol. The minimum Gasteiger partial charge on any atom is -0.366 e. The van der Waals surface area contributed by atoms with Gasteiger partial charge in [0.2, 0.25) is 11.8 Å². The summed E-state index contributed by atoms with van der Waals surface area (Å²) in [5, 5.41) is 0. The van der Waals surface area contributed by atoms with Crippen molar-refractivity contribution in [2.45, 2.75) is 20.3 Å². The van der Waals surface area contributed by atoms with Crippen LogP contribution in [0.1, 0.15) is 29.8 Å². The van der Waals surface area contributed by atoms with Crippen molar-refractivity contribution < 1.29 is 9.59 Å². The molecule has 1 aromatic rings. The van der Waals surface area contributed by atoms with Crippen molar-refractivity contribution in [3.05, 3.63) is 29.3 Å². The molecule has 1 atom stereocenters. The molecule has 2 rings (SSSR count). The second-order valence-corrected chi connectivity index (χ2v) is 4.65. The highest BCUT2D eigenvalue weighted by Gasteiger charge is 2.24. The number of nitrogens with two attached hydrogens (primary N) is 1. The van der Waals surface area contributed by atoms with Gasteiger partial charge in [-0.3, -0.25) is 9.59 Å². The average molecular weight is 232 g/mol. The SMILES string of the molecule is CC(=O)N1C[C@H](C)Cc2cc(C(N)=O)ccc21. The molecule has 2 amide bonds. The van der Waals surface area contributed by atoms with E-state index in [9.17, 15) is 9.59 Å². The van der Waals surface area contributed by atoms with Gasteiger partial charge in [-0.1, -0.05) is 6.92 Å². The first kappa shape index (κ1) is 11.6. The minimum atomic E-state index is -0.430. The molecule has 0 fully saturated rings. The van der Waals surface area contributed by atoms with E-state index < -0.39 is 5.91 Å². The number of nitrogens with zero attached hydrogens (tertiary/aromatic N) is 1. The van der Waals surface area contributed by atoms with Crippen LogP contribution in [0.5, 0.6) is 0 Å². The van der Waals surface area contributed by atoms with Crippen LogP contribution in [0.2, 0.25) is 0 Å². The van der Waals surface area contributed by atoms with Gasteiger partial charge in [0.05, 0.1) is 0 Å². The molecule has 0 radical (unpaired) electrons. The number of primary amides is 1. The first-order valence-corrected chi connectivity index (χ1v) is 5.70. The highest BCUT2D eigenvalue weighted by Crippen LogP contribution is 2.30. The molecule has 1 aliphatic heterocycles. The summed E-state index contributed by atoms with van der Waals surface area (Å²) >= 11 is 0. The third kappa shape index (κ3) is 2.16. The fourth-order valence-corrected chi connectivity index (χ4v) is 2.31. The molecule has 1 aliphatic rings. The van der Waals surface area contributed by atoms with Crippen LogP contribution in [0, 0.1) is 5.92 Å². The fourth-order valence-electron chi connectivity index (χ4n) is 2.31. The summed E-state index contributed by atoms with van der Waals surface area (Å²) in [4.78, 5) is 24.4. The molecular weight excluding hydrogens is 216 g/mol. The van der Waals surface area contributed by atoms with E-state index in [2.05, 4.69) is 6.92 Å². The van der Waals surface area contributed by atoms with Gasteiger partial charge in [-0.25, -0.2) is 0 Å². The molecule has 0 bridgehead atoms. The maximum absolute atomic E-state index is 11.6. The largest absolute Gasteiger partial charge is 0.366 e. The van der Waals surface area contributed by atoms with Gasteiger partial charge in [0.1, 0.15) is 0 Å². The second-order valence-electron chi connectivity index (χ2n) is 4.65. The van der Waals surface area contributed by atoms with Crippen LogP contribution < -0.4 is 10.6 Å². The molecule has 4 heteroatoms. The first-order chi connectivity index (χ1) is 7.99. The number of fused-ring (bicyclic) bond motifs is 1. The van der Waals surface area contributed by atoms with E-state index in [-0.39, 0.29) is 5.91 Å². The lowest BCUT2D eigenvalue weighted by atomic mass is 9.92. The number of rotatable bonds is 1. The lowest BCUT2D eigenvalue weighted by Crippen LogP contribution is -2.37. The van der Waals surface area contributed by atoms with E-state index in [1.165, 1.54) is 0 Å². The van der Waals surface area contributed by atoms with Crippen LogP contribution in [-0.2, 0) is 11.2 Å². The van der Waals surface area contributed by atoms with Gasteiger partial charge in [0.15, 0.2) is 0 Å². The van der Waals surface area contributed by atoms with E-state index in [0.29, 0.717) is 11.5 Å². The van der Waals surface area contributed by atoms with Crippen LogP contribution in [0.15, 0.2) is 18.2 Å². The van der Waals surface area contributed by atoms with E-state index in [4.69, 9.17) is 5.73 Å². The fraction of sp³-hybridized carbons (Fsp3) is 0.385. The van der Waals surface area contributed by atoms with Crippen molar-refractivity contribution in [1.82, 2.24) is 0 Å². The quantitative estimate of drug-likeness (QED) is 0.794. The van der Waals surface area contributed by atoms with Crippen molar-refractivity contribution >= 4 is 17.5 Å². The van der Waals surface area contributed by atoms with Gasteiger partial charge in [-0.15, -0.1) is 0 Å². The Kier molecular flexibility index (Phi) is 2.88. The van der Waals surface area contributed by atoms with E-state index >= 15 is 0 Å². The number of hydrogen-bond donors (Lipinski definition) is 1. The molecule has 0 aromatic heterocycles. The van der Waals surface area contributed by atoms with Crippen LogP contribution >= 0.6 is 0 Å². The molecule has 1 aromatic carbocycles. The zero-order valence-corrected chi connectivity index (χ0v) is 10.1. The summed E-state index contributed by atoms with van der Waals surface area (Å²) < 4.78 is 0. The molecular formula is C13H16N2O2. The van der Waals surface area contributed by atoms with E-state index in [1.54, 1.807) is 24.0 Å². The Balaban J connectivity index is 2.47. The Morgan fingerprint density at radius 2 is 2.12 bits per heavy atom. The van der Waals surface area contributed by atoms with Crippen LogP contribution in [0.3, 0.4) is 0 Å². The topological polar surface area (TPSA) is 63.4 Å². The minimum absolute atomic E-state index is 0.0321. The first-order valence-electron chi connectivity index (χ1n) is 5.70. The lowest BCUT2D eigenvalue weighted by molar-refractivity contribution is -0.116. The smallest absolute Gasteiger partial charge is 0.248 e. The van der Waals surface area contributed by atoms with Gasteiger partial charge in [0, 0.05) is 24.7 Å². The second kappa shape index (κ2) is 4.20. The lowest BCUT2D eigenvalue weighted by Gasteiger charge is -2.32. The number of amides is 2. The van der Waals surface area contributed by atoms with E-state index in [1.807, 2.05) is 6.07 Å². The van der Waals surface area contributed by atoms with Crippen molar-refractivity contribution in [2.75, 3.05) is 11.4 Å². The molecule has 0 aliphatic carbocycles. The Morgan fingerprint density at radius 3 is 2.71 bits per heavy atom. The number of carbonyl (C=O) groups is 2. The predicted octanol–water partition coefficient (Wildman–Crippen LogP) is 1.33. The average Bonchev–Trinajstić information content (AvgIpc) is 2.26. The summed E-state index contributed by atoms with van der Waals surface area (Å²) in [6, 6.07) is 5.28. The summed E-state index contributed by atoms with van der Waals surface area (Å²) in [5.41, 5.74) is 7.68. The van der Waals surface area contributed by atoms with Crippen molar-refractivity contribution in [3.8, 4) is 0 Å². The zero-order chi connectivity index (χ0) is 12.6. The highest BCUT2D eigenvalue weighted by molar-refractivity contribution is 5.96. The van der Waals surface area contributed by atoms with Crippen LogP contribution in [-0.4, -0.2) is 18.4 Å². The molecule has 0 saturated carbocycles. The van der Waals surface area contributed by atoms with Gasteiger partial charge >= 0.3 is 0 Å². The number of anilines is 1. The monoisotopic (exact) mass is 232 g/mol. The number of carbonyl (C=O) groups excluding carboxylic acids is 2. The van der Waals surface area contributed by atoms with Crippen molar-refractivity contribution in [3.63, 3.8) is 0 Å². The third-order valence-corrected chi connectivity index (χ3v) is 3.10. The van der Waals surface area contributed by atoms with Gasteiger partial charge in [-0.05, 0) is 36.1 Å². The standard InChI is InChI=1S/C13H16N2O2/c1-8-5-11-6-10(13(14)17)3-4-12(11)15(7-8)9(2)16/h3-4,6,8H,5,7H2,1-2H3,(H2,14,17)/t8-/m1/s1. The maximum atomic E-state index is 11.6. The molecule has 1 heterocycles. The molecule has 0 saturated heterocycles. The third-order valence-electron chi connectivity index (χ3n) is 3.10. The Hall–Kier alpha value is -1.84. The van der Waals surface area contributed by atoms with Gasteiger partial charge < -0.3 is 10.6 Å². The normalized spacial score (nSPS) is 18.7. The van der Waals surface area contributed by atoms with Crippen molar-refractivity contribution in [1.29, 1.82) is 0 Å². The molecule has 90 valence electrons. The molecule has 4 nitrogen and oxygen atoms in total. The van der Waals surface area contributed by atoms with Crippen molar-refractivity contribution in [2.24, 2.45) is 11.7 Å². The summed E-state index contributed by atoms with van der Waals surface area (Å²) in [7, 11) is 0. The highest BCUT2D eigenvalue weighted by atomic mass is 16.2. The molecule has 0 unspecified atom stereocenters. The van der Waals surface area contributed by atoms with Gasteiger partial charge in [0.25, 0.3) is 0 Å². The van der Waals surface area contributed by atoms with E-state index in [0.717, 1.165) is 24.2 Å². The molecule has 2 N–H and O–H groups in total. The summed E-state index contributed by atoms with van der Waals surface area (Å²) in [5.74, 6) is -0.000414. The Morgan fingerprint density at radius 1 is 1.41 bits per heavy atom. The molecule has 17 heavy (non-hydrogen) atoms. The number of hydrogen-bond acceptors (Lipinski definition) is 2. The van der Waals surface area contributed by atoms with Crippen LogP contribution in [0.25, 0.3) is 0 Å².